The largest absolute Gasteiger partial charge is 0.507 e. The van der Waals surface area contributed by atoms with Crippen LogP contribution in [0.5, 0.6) is 5.75 Å². The average Bonchev–Trinajstić information content (AvgIpc) is 0.861. The van der Waals surface area contributed by atoms with Crippen LogP contribution >= 0.6 is 0 Å². The quantitative estimate of drug-likeness (QED) is 0.157. The van der Waals surface area contributed by atoms with Crippen molar-refractivity contribution in [1.29, 1.82) is 0 Å². The third-order valence-electron chi connectivity index (χ3n) is 13.1. The van der Waals surface area contributed by atoms with Crippen LogP contribution in [0.2, 0.25) is 0 Å². The highest BCUT2D eigenvalue weighted by molar-refractivity contribution is 5.98. The highest BCUT2D eigenvalue weighted by atomic mass is 16.3. The third-order valence-corrected chi connectivity index (χ3v) is 13.1. The van der Waals surface area contributed by atoms with Crippen molar-refractivity contribution in [3.05, 3.63) is 191 Å². The predicted octanol–water partition coefficient (Wildman–Crippen LogP) is 18.6. The molecular weight excluding hydrogens is 863 g/mol. The fourth-order valence-corrected chi connectivity index (χ4v) is 8.99. The molecule has 0 aliphatic carbocycles. The average molecular weight is 952 g/mol. The zero-order valence-corrected chi connectivity index (χ0v) is 42.0. The number of aryl methyl sites for hydroxylation is 1. The van der Waals surface area contributed by atoms with E-state index in [-0.39, 0.29) is 50.5 Å². The third kappa shape index (κ3) is 9.74. The Hall–Kier alpha value is -7.04. The first-order valence-corrected chi connectivity index (χ1v) is 23.8. The van der Waals surface area contributed by atoms with Crippen LogP contribution in [0.1, 0.15) is 160 Å². The summed E-state index contributed by atoms with van der Waals surface area (Å²) in [6.45, 7) is 4.99. The molecule has 360 valence electrons. The molecule has 0 unspecified atom stereocenters. The second-order valence-electron chi connectivity index (χ2n) is 21.0. The maximum Gasteiger partial charge on any atom is 0.149 e. The molecule has 0 saturated heterocycles. The summed E-state index contributed by atoms with van der Waals surface area (Å²) in [5.74, 6) is -2.62. The van der Waals surface area contributed by atoms with Gasteiger partial charge in [-0.05, 0) is 150 Å². The Morgan fingerprint density at radius 3 is 1.89 bits per heavy atom. The molecule has 0 atom stereocenters. The molecule has 4 nitrogen and oxygen atoms in total. The van der Waals surface area contributed by atoms with Gasteiger partial charge in [-0.1, -0.05) is 193 Å². The van der Waals surface area contributed by atoms with Crippen molar-refractivity contribution >= 4 is 11.0 Å². The number of aromatic hydroxyl groups is 1. The summed E-state index contributed by atoms with van der Waals surface area (Å²) in [5, 5.41) is 12.7. The van der Waals surface area contributed by atoms with Gasteiger partial charge in [0.2, 0.25) is 0 Å². The van der Waals surface area contributed by atoms with Crippen molar-refractivity contribution in [2.24, 2.45) is 0 Å². The molecule has 9 rings (SSSR count). The van der Waals surface area contributed by atoms with E-state index in [2.05, 4.69) is 20.8 Å². The molecule has 71 heavy (non-hydrogen) atoms. The number of phenols is 1. The summed E-state index contributed by atoms with van der Waals surface area (Å²) in [6, 6.07) is 34.5. The van der Waals surface area contributed by atoms with Gasteiger partial charge in [-0.3, -0.25) is 9.55 Å². The fraction of sp³-hybridized carbons (Fsp3) is 0.284. The number of benzene rings is 7. The first-order valence-electron chi connectivity index (χ1n) is 32.8. The monoisotopic (exact) mass is 952 g/mol. The molecule has 0 radical (unpaired) electrons. The fourth-order valence-electron chi connectivity index (χ4n) is 8.99. The summed E-state index contributed by atoms with van der Waals surface area (Å²) in [4.78, 5) is 10.3. The lowest BCUT2D eigenvalue weighted by molar-refractivity contribution is 0.466. The van der Waals surface area contributed by atoms with E-state index in [1.807, 2.05) is 122 Å². The number of pyridine rings is 1. The lowest BCUT2D eigenvalue weighted by Gasteiger charge is -2.22. The van der Waals surface area contributed by atoms with Gasteiger partial charge in [0.1, 0.15) is 11.6 Å². The Balaban J connectivity index is 1.37. The van der Waals surface area contributed by atoms with E-state index in [1.165, 1.54) is 18.3 Å². The van der Waals surface area contributed by atoms with Crippen molar-refractivity contribution in [1.82, 2.24) is 14.5 Å². The molecule has 1 N–H and O–H groups in total. The van der Waals surface area contributed by atoms with Crippen LogP contribution in [-0.4, -0.2) is 19.6 Å². The Morgan fingerprint density at radius 2 is 1.24 bits per heavy atom. The van der Waals surface area contributed by atoms with Crippen molar-refractivity contribution in [2.75, 3.05) is 0 Å². The number of rotatable bonds is 9. The summed E-state index contributed by atoms with van der Waals surface area (Å²) >= 11 is 0. The second-order valence-corrected chi connectivity index (χ2v) is 21.0. The van der Waals surface area contributed by atoms with Crippen LogP contribution < -0.4 is 0 Å². The predicted molar refractivity (Wildman–Crippen MR) is 302 cm³/mol. The van der Waals surface area contributed by atoms with Crippen LogP contribution in [0, 0.1) is 6.85 Å². The standard InChI is InChI=1S/C67H71N3O/c1-41(2)48-37-55(42(3)4)63(71)58(38-48)64-69-62-54(49-34-50(36-53(35-49)67(12,13)14)59-39-47(31-32-68-59)44-23-27-51(28-24-44)65(6,7)8)21-18-22-60(62)70(64)61-40-56(45-19-16-15-17-20-45)43(5)33-57(61)46-25-29-52(30-26-46)66(9,10)11/h15-42,71H,1-14H3/i5D3,6D3,7D3,8D3,23D,24D,27D,28D,41D,42D. The van der Waals surface area contributed by atoms with E-state index < -0.39 is 79.8 Å². The van der Waals surface area contributed by atoms with Gasteiger partial charge < -0.3 is 5.11 Å². The van der Waals surface area contributed by atoms with Crippen molar-refractivity contribution in [3.63, 3.8) is 0 Å². The molecule has 2 aromatic heterocycles. The number of imidazole rings is 1. The molecule has 0 saturated carbocycles. The lowest BCUT2D eigenvalue weighted by Crippen LogP contribution is -2.11. The minimum absolute atomic E-state index is 0.0744. The molecule has 2 heterocycles. The van der Waals surface area contributed by atoms with E-state index in [4.69, 9.17) is 29.2 Å². The number of aromatic nitrogens is 3. The maximum atomic E-state index is 12.7. The van der Waals surface area contributed by atoms with E-state index in [9.17, 15) is 10.6 Å². The molecule has 9 aromatic rings. The van der Waals surface area contributed by atoms with E-state index in [1.54, 1.807) is 45.9 Å². The molecular formula is C67H71N3O. The van der Waals surface area contributed by atoms with Crippen molar-refractivity contribution < 1.29 is 29.8 Å². The number of nitrogens with zero attached hydrogens (tertiary/aromatic N) is 3. The second kappa shape index (κ2) is 18.6. The maximum absolute atomic E-state index is 12.7. The Kier molecular flexibility index (Phi) is 8.21. The Bertz CT molecular complexity index is 4160. The van der Waals surface area contributed by atoms with Crippen LogP contribution in [0.15, 0.2) is 158 Å². The van der Waals surface area contributed by atoms with Gasteiger partial charge >= 0.3 is 0 Å². The molecule has 0 spiro atoms. The first kappa shape index (κ1) is 31.3. The van der Waals surface area contributed by atoms with Crippen molar-refractivity contribution in [3.8, 4) is 78.6 Å². The summed E-state index contributed by atoms with van der Waals surface area (Å²) < 4.78 is 159. The Labute approximate surface area is 448 Å². The van der Waals surface area contributed by atoms with Crippen LogP contribution in [-0.2, 0) is 16.2 Å². The van der Waals surface area contributed by atoms with E-state index in [0.29, 0.717) is 61.2 Å². The van der Waals surface area contributed by atoms with Crippen LogP contribution in [0.25, 0.3) is 83.9 Å². The van der Waals surface area contributed by atoms with E-state index in [0.717, 1.165) is 11.1 Å². The van der Waals surface area contributed by atoms with Gasteiger partial charge in [0, 0.05) is 42.1 Å². The Morgan fingerprint density at radius 1 is 0.549 bits per heavy atom. The first-order chi connectivity index (χ1) is 40.8. The molecule has 0 fully saturated rings. The molecule has 7 aromatic carbocycles. The van der Waals surface area contributed by atoms with Crippen LogP contribution in [0.3, 0.4) is 0 Å². The number of hydrogen-bond acceptors (Lipinski definition) is 3. The summed E-state index contributed by atoms with van der Waals surface area (Å²) in [6.07, 6.45) is 1.39. The number of fused-ring (bicyclic) bond motifs is 1. The summed E-state index contributed by atoms with van der Waals surface area (Å²) in [7, 11) is 0. The minimum atomic E-state index is -3.85. The van der Waals surface area contributed by atoms with E-state index >= 15 is 0 Å². The van der Waals surface area contributed by atoms with Gasteiger partial charge in [0.15, 0.2) is 0 Å². The topological polar surface area (TPSA) is 50.9 Å². The summed E-state index contributed by atoms with van der Waals surface area (Å²) in [5.41, 5.74) is 2.58. The van der Waals surface area contributed by atoms with Crippen molar-refractivity contribution in [2.45, 2.75) is 125 Å². The SMILES string of the molecule is [2H]c1c([2H])c(C(C([2H])([2H])[2H])(C([2H])([2H])[2H])C([2H])([2H])[2H])c([2H])c([2H])c1-c1ccnc(-c2cc(-c3cccc4c3nc(-c3cc(C([2H])(C)C)cc(C([2H])(C)C)c3O)n4-c3cc(-c4ccccc4)c(C([2H])([2H])[2H])cc3-c3ccc(C(C)(C)C)cc3)cc(C(C)(C)C)c2)c1. The molecule has 0 amide bonds. The molecule has 0 aliphatic rings. The van der Waals surface area contributed by atoms with Gasteiger partial charge in [-0.15, -0.1) is 0 Å². The van der Waals surface area contributed by atoms with Gasteiger partial charge in [0.05, 0.1) is 33.5 Å². The highest BCUT2D eigenvalue weighted by Crippen LogP contribution is 2.46. The number of hydrogen-bond donors (Lipinski definition) is 1. The molecule has 0 aliphatic heterocycles. The zero-order chi connectivity index (χ0) is 66.1. The highest BCUT2D eigenvalue weighted by Gasteiger charge is 2.27. The number of para-hydroxylation sites is 1. The molecule has 4 heteroatoms. The lowest BCUT2D eigenvalue weighted by atomic mass is 9.83. The van der Waals surface area contributed by atoms with Crippen LogP contribution in [0.4, 0.5) is 0 Å². The van der Waals surface area contributed by atoms with Gasteiger partial charge in [-0.2, -0.15) is 0 Å². The molecule has 0 bridgehead atoms. The smallest absolute Gasteiger partial charge is 0.149 e. The minimum Gasteiger partial charge on any atom is -0.507 e. The zero-order valence-electron chi connectivity index (χ0n) is 60.0. The van der Waals surface area contributed by atoms with Gasteiger partial charge in [-0.25, -0.2) is 4.98 Å². The normalized spacial score (nSPS) is 17.1. The van der Waals surface area contributed by atoms with Gasteiger partial charge in [0.25, 0.3) is 0 Å². The number of phenolic OH excluding ortho intramolecular Hbond substituents is 1.